The highest BCUT2D eigenvalue weighted by Crippen LogP contribution is 2.54. The highest BCUT2D eigenvalue weighted by atomic mass is 32.1. The first kappa shape index (κ1) is 86.3. The van der Waals surface area contributed by atoms with Crippen LogP contribution in [-0.2, 0) is 0 Å². The van der Waals surface area contributed by atoms with Gasteiger partial charge < -0.3 is 22.7 Å². The summed E-state index contributed by atoms with van der Waals surface area (Å²) in [4.78, 5) is 32.4. The molecule has 696 valence electrons. The Bertz CT molecular complexity index is 10500. The van der Waals surface area contributed by atoms with E-state index in [2.05, 4.69) is 461 Å². The number of benzene rings is 21. The molecule has 10 heterocycles. The number of thiophene rings is 2. The summed E-state index contributed by atoms with van der Waals surface area (Å²) >= 11 is 3.73. The summed E-state index contributed by atoms with van der Waals surface area (Å²) in [5.74, 6) is 2.09. The second kappa shape index (κ2) is 35.8. The molecule has 0 saturated heterocycles. The van der Waals surface area contributed by atoms with Gasteiger partial charge in [-0.25, -0.2) is 29.9 Å². The molecule has 149 heavy (non-hydrogen) atoms. The monoisotopic (exact) mass is 1940 g/mol. The van der Waals surface area contributed by atoms with Gasteiger partial charge in [-0.2, -0.15) is 0 Å². The number of furan rings is 1. The Morgan fingerprint density at radius 1 is 0.161 bits per heavy atom. The third kappa shape index (κ3) is 14.2. The van der Waals surface area contributed by atoms with Gasteiger partial charge in [0, 0.05) is 130 Å². The van der Waals surface area contributed by atoms with Gasteiger partial charge >= 0.3 is 0 Å². The van der Waals surface area contributed by atoms with Crippen molar-refractivity contribution in [1.82, 2.24) is 48.2 Å². The van der Waals surface area contributed by atoms with Crippen molar-refractivity contribution in [3.8, 4) is 124 Å². The van der Waals surface area contributed by atoms with Crippen LogP contribution in [0.25, 0.3) is 285 Å². The van der Waals surface area contributed by atoms with Crippen molar-refractivity contribution < 1.29 is 4.42 Å². The molecule has 0 saturated carbocycles. The van der Waals surface area contributed by atoms with E-state index in [4.69, 9.17) is 34.3 Å². The largest absolute Gasteiger partial charge is 0.455 e. The summed E-state index contributed by atoms with van der Waals surface area (Å²) in [6.07, 6.45) is 0. The van der Waals surface area contributed by atoms with Gasteiger partial charge in [0.25, 0.3) is 0 Å². The van der Waals surface area contributed by atoms with Crippen LogP contribution in [0.15, 0.2) is 514 Å². The van der Waals surface area contributed by atoms with Crippen molar-refractivity contribution in [2.45, 2.75) is 0 Å². The summed E-state index contributed by atoms with van der Waals surface area (Å²) in [6, 6.07) is 179. The standard InChI is InChI=1S/C52H32N4O.C44H27N3S.C40H25N3S/c1-5-17-33(18-6-1)47-49(48(34-19-7-2-8-20-34)54-52(53-47)35-21-9-3-10-22-35)56-42-28-16-14-26-40(42)46-44(56)32-30-38-37-29-31-43-45(50(37)57-51(38)46)39-25-13-15-27-41(39)55(43)36-23-11-4-12-24-36;1-4-16-28(17-5-1)39-42(40(29-18-6-2-7-19-29)46-44(45-39)30-20-8-3-9-21-30)47-35-26-14-12-24-33(35)37-31-22-10-11-23-32(31)38-34-25-13-15-27-36(34)48-43(38)41(37)47;1-4-14-26(15-5-1)35-38(36(27-16-6-2-7-17-27)42-40(41-35)28-18-8-3-9-19-28)43-33-22-12-10-20-29(33)31-24-25-32-30-21-11-13-23-34(30)44-39(32)37(31)43/h1-32H;1-27H;1-25H. The minimum absolute atomic E-state index is 0.677. The number of aromatic nitrogens is 10. The maximum absolute atomic E-state index is 7.24. The molecule has 0 N–H and O–H groups in total. The number of rotatable bonds is 13. The minimum Gasteiger partial charge on any atom is -0.455 e. The lowest BCUT2D eigenvalue weighted by Gasteiger charge is -2.19. The van der Waals surface area contributed by atoms with E-state index in [9.17, 15) is 0 Å². The molecule has 31 aromatic rings. The highest BCUT2D eigenvalue weighted by molar-refractivity contribution is 7.27. The van der Waals surface area contributed by atoms with E-state index in [1.54, 1.807) is 0 Å². The van der Waals surface area contributed by atoms with Crippen LogP contribution in [0.3, 0.4) is 0 Å². The third-order valence-corrected chi connectivity index (χ3v) is 31.5. The SMILES string of the molecule is c1ccc(-c2nc(-c3ccccc3)c(-n3c4ccccc4c4c5ccccc5c5c6ccccc6sc5c43)c(-c3ccccc3)n2)cc1.c1ccc(-c2nc(-c3ccccc3)c(-n3c4ccccc4c4c5oc6c(ccc7c6c6ccccc6n7-c6ccccc6)c5ccc43)c(-c3ccccc3)n2)cc1.c1ccc(-c2nc(-c3ccccc3)c(-n3c4ccccc4c4ccc5c6ccccc6sc5c43)c(-c3ccccc3)n2)cc1. The van der Waals surface area contributed by atoms with Crippen LogP contribution in [0.2, 0.25) is 0 Å². The molecular weight excluding hydrogens is 1850 g/mol. The minimum atomic E-state index is 0.677. The summed E-state index contributed by atoms with van der Waals surface area (Å²) in [6.45, 7) is 0. The Labute approximate surface area is 863 Å². The van der Waals surface area contributed by atoms with E-state index in [1.165, 1.54) is 83.7 Å². The molecule has 0 fully saturated rings. The fraction of sp³-hybridized carbons (Fsp3) is 0. The molecule has 11 nitrogen and oxygen atoms in total. The second-order valence-corrected chi connectivity index (χ2v) is 39.7. The van der Waals surface area contributed by atoms with E-state index < -0.39 is 0 Å². The predicted molar refractivity (Wildman–Crippen MR) is 623 cm³/mol. The highest BCUT2D eigenvalue weighted by Gasteiger charge is 2.33. The van der Waals surface area contributed by atoms with Gasteiger partial charge in [0.1, 0.15) is 11.2 Å². The molecule has 13 heteroatoms. The van der Waals surface area contributed by atoms with Gasteiger partial charge in [-0.3, -0.25) is 0 Å². The Morgan fingerprint density at radius 3 is 0.839 bits per heavy atom. The third-order valence-electron chi connectivity index (χ3n) is 29.1. The van der Waals surface area contributed by atoms with Crippen LogP contribution in [0.1, 0.15) is 0 Å². The first-order valence-corrected chi connectivity index (χ1v) is 51.9. The average Bonchev–Trinajstić information content (AvgIpc) is 1.54. The normalized spacial score (nSPS) is 11.8. The smallest absolute Gasteiger partial charge is 0.160 e. The molecule has 0 atom stereocenters. The zero-order chi connectivity index (χ0) is 98.1. The zero-order valence-corrected chi connectivity index (χ0v) is 81.8. The first-order chi connectivity index (χ1) is 74.0. The summed E-state index contributed by atoms with van der Waals surface area (Å²) in [7, 11) is 0. The van der Waals surface area contributed by atoms with Crippen LogP contribution in [-0.4, -0.2) is 48.2 Å². The fourth-order valence-corrected chi connectivity index (χ4v) is 25.1. The van der Waals surface area contributed by atoms with Gasteiger partial charge in [-0.15, -0.1) is 22.7 Å². The van der Waals surface area contributed by atoms with Gasteiger partial charge in [-0.1, -0.05) is 437 Å². The molecule has 10 aromatic heterocycles. The number of nitrogens with zero attached hydrogens (tertiary/aromatic N) is 10. The van der Waals surface area contributed by atoms with Gasteiger partial charge in [-0.05, 0) is 83.6 Å². The Hall–Kier alpha value is -19.4. The number of para-hydroxylation sites is 5. The predicted octanol–water partition coefficient (Wildman–Crippen LogP) is 36.6. The molecule has 0 aliphatic heterocycles. The van der Waals surface area contributed by atoms with Crippen LogP contribution >= 0.6 is 22.7 Å². The maximum atomic E-state index is 7.24. The van der Waals surface area contributed by atoms with Crippen LogP contribution < -0.4 is 0 Å². The van der Waals surface area contributed by atoms with E-state index in [-0.39, 0.29) is 0 Å². The Kier molecular flexibility index (Phi) is 20.8. The molecule has 0 radical (unpaired) electrons. The molecule has 0 amide bonds. The number of hydrogen-bond donors (Lipinski definition) is 0. The summed E-state index contributed by atoms with van der Waals surface area (Å²) < 4.78 is 21.9. The summed E-state index contributed by atoms with van der Waals surface area (Å²) in [5.41, 5.74) is 29.2. The molecule has 0 spiro atoms. The molecule has 0 aliphatic rings. The van der Waals surface area contributed by atoms with Crippen molar-refractivity contribution >= 4 is 183 Å². The van der Waals surface area contributed by atoms with Gasteiger partial charge in [0.2, 0.25) is 0 Å². The molecule has 0 bridgehead atoms. The second-order valence-electron chi connectivity index (χ2n) is 37.6. The lowest BCUT2D eigenvalue weighted by Crippen LogP contribution is -2.06. The van der Waals surface area contributed by atoms with Gasteiger partial charge in [0.15, 0.2) is 17.5 Å². The van der Waals surface area contributed by atoms with Gasteiger partial charge in [0.05, 0.1) is 116 Å². The fourth-order valence-electron chi connectivity index (χ4n) is 22.6. The van der Waals surface area contributed by atoms with Crippen molar-refractivity contribution in [3.63, 3.8) is 0 Å². The Balaban J connectivity index is 0.000000106. The number of fused-ring (bicyclic) bond motifs is 28. The zero-order valence-electron chi connectivity index (χ0n) is 80.2. The molecule has 0 aliphatic carbocycles. The van der Waals surface area contributed by atoms with Crippen molar-refractivity contribution in [2.75, 3.05) is 0 Å². The van der Waals surface area contributed by atoms with E-state index in [0.29, 0.717) is 17.5 Å². The molecule has 21 aromatic carbocycles. The lowest BCUT2D eigenvalue weighted by molar-refractivity contribution is 0.677. The van der Waals surface area contributed by atoms with Crippen molar-refractivity contribution in [1.29, 1.82) is 0 Å². The van der Waals surface area contributed by atoms with Crippen LogP contribution in [0.4, 0.5) is 0 Å². The topological polar surface area (TPSA) is 110 Å². The van der Waals surface area contributed by atoms with E-state index in [1.807, 2.05) is 89.4 Å². The number of hydrogen-bond acceptors (Lipinski definition) is 9. The van der Waals surface area contributed by atoms with E-state index >= 15 is 0 Å². The molecule has 31 rings (SSSR count). The summed E-state index contributed by atoms with van der Waals surface area (Å²) in [5, 5.41) is 19.2. The molecule has 0 unspecified atom stereocenters. The van der Waals surface area contributed by atoms with Crippen molar-refractivity contribution in [3.05, 3.63) is 510 Å². The quantitative estimate of drug-likeness (QED) is 0.113. The Morgan fingerprint density at radius 2 is 0.430 bits per heavy atom. The van der Waals surface area contributed by atoms with Crippen LogP contribution in [0.5, 0.6) is 0 Å². The average molecular weight is 1940 g/mol. The first-order valence-electron chi connectivity index (χ1n) is 50.2. The van der Waals surface area contributed by atoms with E-state index in [0.717, 1.165) is 184 Å². The lowest BCUT2D eigenvalue weighted by atomic mass is 9.99. The molecular formula is C136H84N10OS2. The maximum Gasteiger partial charge on any atom is 0.160 e. The van der Waals surface area contributed by atoms with Crippen molar-refractivity contribution in [2.24, 2.45) is 0 Å². The van der Waals surface area contributed by atoms with Crippen LogP contribution in [0, 0.1) is 0 Å².